The number of nitrogens with zero attached hydrogens (tertiary/aromatic N) is 2. The van der Waals surface area contributed by atoms with Crippen LogP contribution in [0.1, 0.15) is 34.0 Å². The minimum atomic E-state index is -3.85. The Morgan fingerprint density at radius 2 is 1.82 bits per heavy atom. The quantitative estimate of drug-likeness (QED) is 0.807. The average molecular weight is 322 g/mol. The molecule has 0 aliphatic heterocycles. The van der Waals surface area contributed by atoms with E-state index in [0.29, 0.717) is 11.1 Å². The number of aromatic nitrogens is 2. The summed E-state index contributed by atoms with van der Waals surface area (Å²) in [6.07, 6.45) is 2.36. The third-order valence-corrected chi connectivity index (χ3v) is 5.03. The first-order valence-electron chi connectivity index (χ1n) is 6.82. The maximum atomic E-state index is 12.7. The van der Waals surface area contributed by atoms with Gasteiger partial charge in [-0.25, -0.2) is 4.79 Å². The normalized spacial score (nSPS) is 11.5. The standard InChI is InChI=1S/C15H18N2O4S/c1-5-21-15(18)13-8-16-17(9-13)22(19,20)14-11(3)6-10(2)7-12(14)4/h6-9H,5H2,1-4H3. The molecule has 2 rings (SSSR count). The molecular weight excluding hydrogens is 304 g/mol. The number of ether oxygens (including phenoxy) is 1. The van der Waals surface area contributed by atoms with Gasteiger partial charge in [-0.3, -0.25) is 0 Å². The van der Waals surface area contributed by atoms with Crippen molar-refractivity contribution in [1.29, 1.82) is 0 Å². The largest absolute Gasteiger partial charge is 0.462 e. The van der Waals surface area contributed by atoms with E-state index in [-0.39, 0.29) is 17.1 Å². The van der Waals surface area contributed by atoms with E-state index in [2.05, 4.69) is 5.10 Å². The van der Waals surface area contributed by atoms with Gasteiger partial charge in [-0.05, 0) is 38.8 Å². The Morgan fingerprint density at radius 3 is 2.36 bits per heavy atom. The summed E-state index contributed by atoms with van der Waals surface area (Å²) < 4.78 is 31.1. The van der Waals surface area contributed by atoms with Gasteiger partial charge in [0.1, 0.15) is 0 Å². The highest BCUT2D eigenvalue weighted by Gasteiger charge is 2.24. The van der Waals surface area contributed by atoms with Crippen LogP contribution in [0.5, 0.6) is 0 Å². The van der Waals surface area contributed by atoms with Crippen LogP contribution >= 0.6 is 0 Å². The van der Waals surface area contributed by atoms with Gasteiger partial charge in [-0.15, -0.1) is 0 Å². The zero-order valence-corrected chi connectivity index (χ0v) is 13.8. The summed E-state index contributed by atoms with van der Waals surface area (Å²) in [4.78, 5) is 11.8. The fourth-order valence-corrected chi connectivity index (χ4v) is 3.97. The van der Waals surface area contributed by atoms with E-state index in [0.717, 1.165) is 9.65 Å². The van der Waals surface area contributed by atoms with Crippen molar-refractivity contribution in [2.24, 2.45) is 0 Å². The topological polar surface area (TPSA) is 78.3 Å². The minimum Gasteiger partial charge on any atom is -0.462 e. The molecule has 22 heavy (non-hydrogen) atoms. The van der Waals surface area contributed by atoms with Gasteiger partial charge in [-0.1, -0.05) is 17.7 Å². The zero-order chi connectivity index (χ0) is 16.5. The molecule has 118 valence electrons. The van der Waals surface area contributed by atoms with Crippen molar-refractivity contribution in [3.63, 3.8) is 0 Å². The van der Waals surface area contributed by atoms with E-state index in [4.69, 9.17) is 4.74 Å². The van der Waals surface area contributed by atoms with Crippen LogP contribution in [0.3, 0.4) is 0 Å². The van der Waals surface area contributed by atoms with Crippen LogP contribution in [-0.2, 0) is 14.8 Å². The highest BCUT2D eigenvalue weighted by Crippen LogP contribution is 2.24. The first-order valence-corrected chi connectivity index (χ1v) is 8.26. The molecule has 1 heterocycles. The molecule has 0 fully saturated rings. The number of hydrogen-bond donors (Lipinski definition) is 0. The molecule has 2 aromatic rings. The Kier molecular flexibility index (Phi) is 4.37. The number of esters is 1. The van der Waals surface area contributed by atoms with Gasteiger partial charge in [0.05, 0.1) is 29.5 Å². The average Bonchev–Trinajstić information content (AvgIpc) is 2.87. The van der Waals surface area contributed by atoms with E-state index < -0.39 is 16.0 Å². The van der Waals surface area contributed by atoms with Crippen molar-refractivity contribution in [2.45, 2.75) is 32.6 Å². The van der Waals surface area contributed by atoms with Crippen molar-refractivity contribution < 1.29 is 17.9 Å². The summed E-state index contributed by atoms with van der Waals surface area (Å²) >= 11 is 0. The molecule has 0 aliphatic carbocycles. The van der Waals surface area contributed by atoms with Crippen molar-refractivity contribution in [1.82, 2.24) is 9.19 Å². The third-order valence-electron chi connectivity index (χ3n) is 3.18. The van der Waals surface area contributed by atoms with Crippen LogP contribution in [0.15, 0.2) is 29.4 Å². The fourth-order valence-electron chi connectivity index (χ4n) is 2.42. The van der Waals surface area contributed by atoms with E-state index in [1.165, 1.54) is 12.4 Å². The SMILES string of the molecule is CCOC(=O)c1cnn(S(=O)(=O)c2c(C)cc(C)cc2C)c1. The number of benzene rings is 1. The molecule has 0 spiro atoms. The van der Waals surface area contributed by atoms with Crippen molar-refractivity contribution in [3.05, 3.63) is 46.8 Å². The first-order chi connectivity index (χ1) is 10.3. The molecule has 6 nitrogen and oxygen atoms in total. The zero-order valence-electron chi connectivity index (χ0n) is 13.0. The number of hydrogen-bond acceptors (Lipinski definition) is 5. The Morgan fingerprint density at radius 1 is 1.23 bits per heavy atom. The molecule has 7 heteroatoms. The highest BCUT2D eigenvalue weighted by molar-refractivity contribution is 7.90. The number of rotatable bonds is 4. The maximum Gasteiger partial charge on any atom is 0.341 e. The van der Waals surface area contributed by atoms with Gasteiger partial charge >= 0.3 is 5.97 Å². The lowest BCUT2D eigenvalue weighted by atomic mass is 10.1. The van der Waals surface area contributed by atoms with Crippen molar-refractivity contribution in [2.75, 3.05) is 6.61 Å². The summed E-state index contributed by atoms with van der Waals surface area (Å²) in [5.74, 6) is -0.596. The van der Waals surface area contributed by atoms with Crippen molar-refractivity contribution >= 4 is 16.0 Å². The summed E-state index contributed by atoms with van der Waals surface area (Å²) in [7, 11) is -3.85. The Balaban J connectivity index is 2.51. The second-order valence-corrected chi connectivity index (χ2v) is 6.79. The van der Waals surface area contributed by atoms with Crippen LogP contribution in [-0.4, -0.2) is 30.2 Å². The van der Waals surface area contributed by atoms with Crippen LogP contribution in [0.2, 0.25) is 0 Å². The molecule has 0 aliphatic rings. The predicted octanol–water partition coefficient (Wildman–Crippen LogP) is 2.22. The molecule has 0 unspecified atom stereocenters. The lowest BCUT2D eigenvalue weighted by Crippen LogP contribution is -2.16. The Bertz CT molecular complexity index is 799. The minimum absolute atomic E-state index is 0.104. The third kappa shape index (κ3) is 2.89. The molecule has 0 N–H and O–H groups in total. The summed E-state index contributed by atoms with van der Waals surface area (Å²) in [6, 6.07) is 3.60. The van der Waals surface area contributed by atoms with E-state index in [1.54, 1.807) is 32.9 Å². The van der Waals surface area contributed by atoms with Crippen LogP contribution < -0.4 is 0 Å². The van der Waals surface area contributed by atoms with Crippen LogP contribution in [0.25, 0.3) is 0 Å². The lowest BCUT2D eigenvalue weighted by molar-refractivity contribution is 0.0526. The number of aryl methyl sites for hydroxylation is 3. The summed E-state index contributed by atoms with van der Waals surface area (Å²) in [5, 5.41) is 3.80. The van der Waals surface area contributed by atoms with Gasteiger partial charge in [0.2, 0.25) is 0 Å². The van der Waals surface area contributed by atoms with Crippen LogP contribution in [0.4, 0.5) is 0 Å². The molecule has 0 bridgehead atoms. The molecule has 0 amide bonds. The second-order valence-electron chi connectivity index (χ2n) is 5.05. The molecule has 1 aromatic carbocycles. The van der Waals surface area contributed by atoms with Gasteiger partial charge in [-0.2, -0.15) is 17.6 Å². The summed E-state index contributed by atoms with van der Waals surface area (Å²) in [6.45, 7) is 7.28. The number of carbonyl (C=O) groups is 1. The van der Waals surface area contributed by atoms with Crippen LogP contribution in [0, 0.1) is 20.8 Å². The maximum absolute atomic E-state index is 12.7. The van der Waals surface area contributed by atoms with Gasteiger partial charge in [0.15, 0.2) is 0 Å². The molecular formula is C15H18N2O4S. The van der Waals surface area contributed by atoms with Gasteiger partial charge in [0, 0.05) is 0 Å². The smallest absolute Gasteiger partial charge is 0.341 e. The lowest BCUT2D eigenvalue weighted by Gasteiger charge is -2.11. The predicted molar refractivity (Wildman–Crippen MR) is 81.4 cm³/mol. The number of carbonyl (C=O) groups excluding carboxylic acids is 1. The molecule has 0 saturated heterocycles. The van der Waals surface area contributed by atoms with Gasteiger partial charge in [0.25, 0.3) is 10.0 Å². The highest BCUT2D eigenvalue weighted by atomic mass is 32.2. The van der Waals surface area contributed by atoms with E-state index in [1.807, 2.05) is 6.92 Å². The van der Waals surface area contributed by atoms with Crippen molar-refractivity contribution in [3.8, 4) is 0 Å². The fraction of sp³-hybridized carbons (Fsp3) is 0.333. The molecule has 1 aromatic heterocycles. The Labute approximate surface area is 129 Å². The van der Waals surface area contributed by atoms with Gasteiger partial charge < -0.3 is 4.74 Å². The van der Waals surface area contributed by atoms with E-state index in [9.17, 15) is 13.2 Å². The second kappa shape index (κ2) is 5.92. The Hall–Kier alpha value is -2.15. The monoisotopic (exact) mass is 322 g/mol. The molecule has 0 saturated carbocycles. The molecule has 0 atom stereocenters. The summed E-state index contributed by atoms with van der Waals surface area (Å²) in [5.41, 5.74) is 2.38. The molecule has 0 radical (unpaired) electrons. The van der Waals surface area contributed by atoms with E-state index >= 15 is 0 Å². The first kappa shape index (κ1) is 16.2.